The van der Waals surface area contributed by atoms with E-state index in [2.05, 4.69) is 18.0 Å². The molecular weight excluding hydrogens is 126 g/mol. The van der Waals surface area contributed by atoms with Gasteiger partial charge in [-0.3, -0.25) is 0 Å². The summed E-state index contributed by atoms with van der Waals surface area (Å²) in [4.78, 5) is 3.13. The van der Waals surface area contributed by atoms with Crippen LogP contribution < -0.4 is 0 Å². The largest absolute Gasteiger partial charge is 0.376 e. The van der Waals surface area contributed by atoms with Gasteiger partial charge in [0.2, 0.25) is 0 Å². The van der Waals surface area contributed by atoms with E-state index >= 15 is 0 Å². The number of aromatic amines is 1. The van der Waals surface area contributed by atoms with Crippen molar-refractivity contribution in [1.82, 2.24) is 4.98 Å². The Morgan fingerprint density at radius 2 is 2.30 bits per heavy atom. The van der Waals surface area contributed by atoms with Crippen molar-refractivity contribution in [3.05, 3.63) is 23.5 Å². The first-order chi connectivity index (χ1) is 4.74. The Bertz CT molecular complexity index is 205. The van der Waals surface area contributed by atoms with Crippen molar-refractivity contribution < 1.29 is 4.74 Å². The smallest absolute Gasteiger partial charge is 0.0940 e. The maximum Gasteiger partial charge on any atom is 0.0940 e. The number of aryl methyl sites for hydroxylation is 1. The molecule has 1 aromatic rings. The zero-order valence-electron chi connectivity index (χ0n) is 6.64. The zero-order valence-corrected chi connectivity index (χ0v) is 6.64. The van der Waals surface area contributed by atoms with Crippen LogP contribution in [0.25, 0.3) is 0 Å². The summed E-state index contributed by atoms with van der Waals surface area (Å²) in [6.07, 6.45) is 2.15. The van der Waals surface area contributed by atoms with E-state index in [1.807, 2.05) is 13.1 Å². The lowest BCUT2D eigenvalue weighted by Crippen LogP contribution is -1.94. The lowest BCUT2D eigenvalue weighted by Gasteiger charge is -2.05. The molecule has 0 spiro atoms. The molecular formula is C8H13NO. The number of aromatic nitrogens is 1. The van der Waals surface area contributed by atoms with Gasteiger partial charge in [-0.15, -0.1) is 0 Å². The van der Waals surface area contributed by atoms with Crippen LogP contribution in [0.3, 0.4) is 0 Å². The predicted molar refractivity (Wildman–Crippen MR) is 41.0 cm³/mol. The van der Waals surface area contributed by atoms with E-state index in [0.29, 0.717) is 0 Å². The van der Waals surface area contributed by atoms with Gasteiger partial charge in [0.1, 0.15) is 0 Å². The maximum atomic E-state index is 5.12. The third-order valence-corrected chi connectivity index (χ3v) is 1.64. The molecule has 0 saturated carbocycles. The van der Waals surface area contributed by atoms with Gasteiger partial charge in [-0.1, -0.05) is 0 Å². The number of hydrogen-bond donors (Lipinski definition) is 1. The Balaban J connectivity index is 2.74. The second-order valence-electron chi connectivity index (χ2n) is 2.51. The third kappa shape index (κ3) is 1.39. The molecule has 0 fully saturated rings. The average Bonchev–Trinajstić information content (AvgIpc) is 2.34. The van der Waals surface area contributed by atoms with Crippen molar-refractivity contribution in [2.45, 2.75) is 20.0 Å². The molecule has 1 atom stereocenters. The Kier molecular flexibility index (Phi) is 2.12. The standard InChI is InChI=1S/C8H13NO/c1-6-4-8(9-5-6)7(2)10-3/h4-5,7,9H,1-3H3. The molecule has 2 nitrogen and oxygen atoms in total. The molecule has 1 heterocycles. The van der Waals surface area contributed by atoms with E-state index in [0.717, 1.165) is 5.69 Å². The van der Waals surface area contributed by atoms with E-state index in [1.165, 1.54) is 5.56 Å². The van der Waals surface area contributed by atoms with Crippen molar-refractivity contribution in [3.8, 4) is 0 Å². The molecule has 0 saturated heterocycles. The SMILES string of the molecule is COC(C)c1cc(C)c[nH]1. The summed E-state index contributed by atoms with van der Waals surface area (Å²) in [5.41, 5.74) is 2.39. The summed E-state index contributed by atoms with van der Waals surface area (Å²) in [5.74, 6) is 0. The van der Waals surface area contributed by atoms with Crippen molar-refractivity contribution in [1.29, 1.82) is 0 Å². The summed E-state index contributed by atoms with van der Waals surface area (Å²) in [5, 5.41) is 0. The number of nitrogens with one attached hydrogen (secondary N) is 1. The summed E-state index contributed by atoms with van der Waals surface area (Å²) in [6.45, 7) is 4.08. The zero-order chi connectivity index (χ0) is 7.56. The number of hydrogen-bond acceptors (Lipinski definition) is 1. The summed E-state index contributed by atoms with van der Waals surface area (Å²) >= 11 is 0. The van der Waals surface area contributed by atoms with Crippen molar-refractivity contribution in [2.75, 3.05) is 7.11 Å². The minimum Gasteiger partial charge on any atom is -0.376 e. The fourth-order valence-corrected chi connectivity index (χ4v) is 0.887. The van der Waals surface area contributed by atoms with Crippen LogP contribution in [0.15, 0.2) is 12.3 Å². The predicted octanol–water partition coefficient (Wildman–Crippen LogP) is 2.03. The Labute approximate surface area is 61.2 Å². The second kappa shape index (κ2) is 2.88. The third-order valence-electron chi connectivity index (χ3n) is 1.64. The van der Waals surface area contributed by atoms with E-state index in [4.69, 9.17) is 4.74 Å². The highest BCUT2D eigenvalue weighted by molar-refractivity contribution is 5.16. The number of ether oxygens (including phenoxy) is 1. The quantitative estimate of drug-likeness (QED) is 0.666. The van der Waals surface area contributed by atoms with Crippen LogP contribution in [0.5, 0.6) is 0 Å². The number of methoxy groups -OCH3 is 1. The van der Waals surface area contributed by atoms with Gasteiger partial charge in [0, 0.05) is 19.0 Å². The summed E-state index contributed by atoms with van der Waals surface area (Å²) < 4.78 is 5.12. The first kappa shape index (κ1) is 7.35. The molecule has 2 heteroatoms. The fraction of sp³-hybridized carbons (Fsp3) is 0.500. The van der Waals surface area contributed by atoms with Gasteiger partial charge in [0.25, 0.3) is 0 Å². The second-order valence-corrected chi connectivity index (χ2v) is 2.51. The normalized spacial score (nSPS) is 13.5. The van der Waals surface area contributed by atoms with Gasteiger partial charge in [0.05, 0.1) is 6.10 Å². The van der Waals surface area contributed by atoms with Crippen LogP contribution in [0.2, 0.25) is 0 Å². The minimum absolute atomic E-state index is 0.175. The van der Waals surface area contributed by atoms with Gasteiger partial charge in [0.15, 0.2) is 0 Å². The lowest BCUT2D eigenvalue weighted by atomic mass is 10.2. The highest BCUT2D eigenvalue weighted by atomic mass is 16.5. The van der Waals surface area contributed by atoms with Crippen molar-refractivity contribution >= 4 is 0 Å². The van der Waals surface area contributed by atoms with E-state index in [1.54, 1.807) is 7.11 Å². The van der Waals surface area contributed by atoms with Gasteiger partial charge < -0.3 is 9.72 Å². The molecule has 0 bridgehead atoms. The monoisotopic (exact) mass is 139 g/mol. The molecule has 0 aliphatic heterocycles. The van der Waals surface area contributed by atoms with Crippen LogP contribution >= 0.6 is 0 Å². The summed E-state index contributed by atoms with van der Waals surface area (Å²) in [6, 6.07) is 2.09. The number of H-pyrrole nitrogens is 1. The average molecular weight is 139 g/mol. The fourth-order valence-electron chi connectivity index (χ4n) is 0.887. The molecule has 1 N–H and O–H groups in total. The van der Waals surface area contributed by atoms with Gasteiger partial charge >= 0.3 is 0 Å². The molecule has 0 radical (unpaired) electrons. The van der Waals surface area contributed by atoms with E-state index in [-0.39, 0.29) is 6.10 Å². The highest BCUT2D eigenvalue weighted by Gasteiger charge is 2.03. The van der Waals surface area contributed by atoms with E-state index < -0.39 is 0 Å². The van der Waals surface area contributed by atoms with Crippen molar-refractivity contribution in [2.24, 2.45) is 0 Å². The topological polar surface area (TPSA) is 25.0 Å². The first-order valence-corrected chi connectivity index (χ1v) is 3.41. The van der Waals surface area contributed by atoms with Crippen LogP contribution in [-0.4, -0.2) is 12.1 Å². The maximum absolute atomic E-state index is 5.12. The molecule has 0 amide bonds. The van der Waals surface area contributed by atoms with Gasteiger partial charge in [-0.2, -0.15) is 0 Å². The minimum atomic E-state index is 0.175. The van der Waals surface area contributed by atoms with E-state index in [9.17, 15) is 0 Å². The highest BCUT2D eigenvalue weighted by Crippen LogP contribution is 2.14. The lowest BCUT2D eigenvalue weighted by molar-refractivity contribution is 0.116. The van der Waals surface area contributed by atoms with Crippen molar-refractivity contribution in [3.63, 3.8) is 0 Å². The first-order valence-electron chi connectivity index (χ1n) is 3.41. The van der Waals surface area contributed by atoms with Crippen LogP contribution in [0.4, 0.5) is 0 Å². The Hall–Kier alpha value is -0.760. The molecule has 1 unspecified atom stereocenters. The Morgan fingerprint density at radius 1 is 1.60 bits per heavy atom. The molecule has 0 aliphatic rings. The van der Waals surface area contributed by atoms with Crippen LogP contribution in [-0.2, 0) is 4.74 Å². The van der Waals surface area contributed by atoms with Gasteiger partial charge in [-0.05, 0) is 25.5 Å². The molecule has 10 heavy (non-hydrogen) atoms. The molecule has 56 valence electrons. The summed E-state index contributed by atoms with van der Waals surface area (Å²) in [7, 11) is 1.71. The van der Waals surface area contributed by atoms with Crippen LogP contribution in [0.1, 0.15) is 24.3 Å². The number of rotatable bonds is 2. The molecule has 1 aromatic heterocycles. The Morgan fingerprint density at radius 3 is 2.70 bits per heavy atom. The molecule has 0 aromatic carbocycles. The molecule has 1 rings (SSSR count). The van der Waals surface area contributed by atoms with Gasteiger partial charge in [-0.25, -0.2) is 0 Å². The van der Waals surface area contributed by atoms with Crippen LogP contribution in [0, 0.1) is 6.92 Å². The molecule has 0 aliphatic carbocycles.